The van der Waals surface area contributed by atoms with Crippen molar-refractivity contribution in [1.82, 2.24) is 45.3 Å². The SMILES string of the molecule is CC1(CN)CN(C(c2ccccc2)c2ccccc2)C1.CC1(CNC(=O)C(F)(F)F)CN(C(c2ccccc2)c2ccccc2)C1.CC1(CNC(=O)C(F)(F)F)CNC1.CC1(O)CN(C(c2ccccc2)c2ccccc2)C1.CC1(OS(C)(=O)=O)CN(C(c2ccccc2)c2ccccc2)C1.Cl.O=C1CN(C(c2ccccc2)c2ccccc2)C1.[C-]#[N+]C1(C)CN(C(c2ccccc2)c2ccccc2)C1. The monoisotopic (exact) mass is 1940 g/mol. The van der Waals surface area contributed by atoms with E-state index in [9.17, 15) is 54.3 Å². The van der Waals surface area contributed by atoms with E-state index in [1.54, 1.807) is 0 Å². The molecule has 0 aromatic heterocycles. The van der Waals surface area contributed by atoms with Gasteiger partial charge in [0, 0.05) is 108 Å². The predicted octanol–water partition coefficient (Wildman–Crippen LogP) is 19.6. The van der Waals surface area contributed by atoms with E-state index in [4.69, 9.17) is 16.5 Å². The van der Waals surface area contributed by atoms with Crippen molar-refractivity contribution in [3.05, 3.63) is 442 Å². The van der Waals surface area contributed by atoms with Crippen molar-refractivity contribution in [2.24, 2.45) is 22.0 Å². The molecule has 0 radical (unpaired) electrons. The average Bonchev–Trinajstić information content (AvgIpc) is 0.763. The minimum atomic E-state index is -4.84. The number of hydrogen-bond donors (Lipinski definition) is 5. The first kappa shape index (κ1) is 107. The van der Waals surface area contributed by atoms with Gasteiger partial charge in [-0.1, -0.05) is 385 Å². The minimum absolute atomic E-state index is 0. The van der Waals surface area contributed by atoms with Crippen molar-refractivity contribution in [1.29, 1.82) is 0 Å². The number of carbonyl (C=O) groups excluding carboxylic acids is 3. The number of nitrogens with one attached hydrogen (secondary N) is 3. The van der Waals surface area contributed by atoms with Crippen LogP contribution in [0.5, 0.6) is 0 Å². The van der Waals surface area contributed by atoms with Gasteiger partial charge in [0.25, 0.3) is 15.7 Å². The molecular weight excluding hydrogens is 1820 g/mol. The molecule has 18 nitrogen and oxygen atoms in total. The molecule has 12 aromatic carbocycles. The second-order valence-corrected chi connectivity index (χ2v) is 40.8. The summed E-state index contributed by atoms with van der Waals surface area (Å²) >= 11 is 0. The zero-order valence-electron chi connectivity index (χ0n) is 80.3. The number of likely N-dealkylation sites (tertiary alicyclic amines) is 6. The Hall–Kier alpha value is -11.8. The molecule has 26 heteroatoms. The Balaban J connectivity index is 0.000000147. The number of alkyl halides is 6. The standard InChI is InChI=1S/C20H21F3N2O.C18H18N2.C18H22N2.C18H21NO3S.C17H19NO.C16H15NO.C7H11F3N2O.ClH/c1-19(12-24-18(26)20(21,22)23)13-25(14-19)17(15-8-4-2-5-9-15)16-10-6-3-7-11-16;1-18(19-2)13-20(14-18)17(15-9-5-3-6-10-15)16-11-7-4-8-12-16;1-18(12-19)13-20(14-18)17(15-8-4-2-5-9-15)16-10-6-3-7-11-16;1-18(22-23(2,20)21)13-19(14-18)17(15-9-5-3-6-10-15)16-11-7-4-8-12-16;1-17(19)12-18(13-17)16(14-8-4-2-5-9-14)15-10-6-3-7-11-15;18-15-11-17(12-15)16(13-7-3-1-4-8-13)14-9-5-2-6-10-14;1-6(2-11-3-6)4-12-5(13)7(8,9)10;/h2-11,17H,12-14H2,1H3,(H,24,26);3-12,17H,13-14H2,1H3;2-11,17H,12-14,19H2,1H3;3-12,17H,13-14H2,1-2H3;2-11,16,19H,12-13H2,1H3;1-10,16H,11-12H2;11H,2-4H2,1H3,(H,12,13);1H. The van der Waals surface area contributed by atoms with Crippen molar-refractivity contribution >= 4 is 40.1 Å². The highest BCUT2D eigenvalue weighted by Crippen LogP contribution is 2.45. The van der Waals surface area contributed by atoms with Crippen LogP contribution >= 0.6 is 12.4 Å². The number of hydrogen-bond acceptors (Lipinski definition) is 15. The number of carbonyl (C=O) groups is 3. The van der Waals surface area contributed by atoms with Crippen LogP contribution in [0.15, 0.2) is 364 Å². The van der Waals surface area contributed by atoms with Crippen LogP contribution in [0.25, 0.3) is 4.85 Å². The molecule has 7 aliphatic rings. The molecule has 140 heavy (non-hydrogen) atoms. The van der Waals surface area contributed by atoms with E-state index in [1.807, 2.05) is 179 Å². The third kappa shape index (κ3) is 29.7. The number of nitrogens with two attached hydrogens (primary N) is 1. The van der Waals surface area contributed by atoms with E-state index in [0.29, 0.717) is 64.2 Å². The van der Waals surface area contributed by atoms with E-state index < -0.39 is 45.5 Å². The van der Waals surface area contributed by atoms with Gasteiger partial charge < -0.3 is 31.6 Å². The van der Waals surface area contributed by atoms with Crippen molar-refractivity contribution in [2.75, 3.05) is 118 Å². The number of ketones is 1. The summed E-state index contributed by atoms with van der Waals surface area (Å²) < 4.78 is 100. The van der Waals surface area contributed by atoms with Crippen LogP contribution in [-0.4, -0.2) is 207 Å². The van der Waals surface area contributed by atoms with Gasteiger partial charge in [-0.15, -0.1) is 12.4 Å². The van der Waals surface area contributed by atoms with Gasteiger partial charge in [0.2, 0.25) is 0 Å². The fourth-order valence-electron chi connectivity index (χ4n) is 19.3. The number of rotatable bonds is 25. The van der Waals surface area contributed by atoms with E-state index in [-0.39, 0.29) is 77.5 Å². The van der Waals surface area contributed by atoms with Gasteiger partial charge in [-0.05, 0) is 80.6 Å². The maximum Gasteiger partial charge on any atom is 0.471 e. The maximum atomic E-state index is 12.4. The molecular formula is C114H128ClF6N11O7S. The number of nitrogens with zero attached hydrogens (tertiary/aromatic N) is 7. The fourth-order valence-corrected chi connectivity index (χ4v) is 20.2. The van der Waals surface area contributed by atoms with Crippen molar-refractivity contribution in [2.45, 2.75) is 107 Å². The summed E-state index contributed by atoms with van der Waals surface area (Å²) in [6, 6.07) is 126. The Morgan fingerprint density at radius 3 is 0.771 bits per heavy atom. The molecule has 0 aliphatic carbocycles. The second-order valence-electron chi connectivity index (χ2n) is 39.3. The molecule has 6 N–H and O–H groups in total. The van der Waals surface area contributed by atoms with Crippen LogP contribution in [0, 0.1) is 22.8 Å². The Morgan fingerprint density at radius 2 is 0.579 bits per heavy atom. The van der Waals surface area contributed by atoms with Gasteiger partial charge in [-0.2, -0.15) is 34.8 Å². The van der Waals surface area contributed by atoms with Gasteiger partial charge in [0.05, 0.1) is 74.3 Å². The van der Waals surface area contributed by atoms with Gasteiger partial charge in [0.15, 0.2) is 5.78 Å². The first-order valence-electron chi connectivity index (χ1n) is 47.1. The van der Waals surface area contributed by atoms with Crippen LogP contribution in [0.2, 0.25) is 0 Å². The van der Waals surface area contributed by atoms with Gasteiger partial charge in [-0.25, -0.2) is 6.57 Å². The molecule has 0 saturated carbocycles. The lowest BCUT2D eigenvalue weighted by molar-refractivity contribution is -0.174. The largest absolute Gasteiger partial charge is 0.471 e. The summed E-state index contributed by atoms with van der Waals surface area (Å²) in [5.74, 6) is -3.41. The highest BCUT2D eigenvalue weighted by atomic mass is 35.5. The summed E-state index contributed by atoms with van der Waals surface area (Å²) in [6.45, 7) is 30.0. The van der Waals surface area contributed by atoms with Crippen molar-refractivity contribution in [3.63, 3.8) is 0 Å². The number of Topliss-reactive ketones (excluding diaryl/α,β-unsaturated/α-hetero) is 1. The number of aliphatic hydroxyl groups is 1. The number of halogens is 7. The van der Waals surface area contributed by atoms with Gasteiger partial charge >= 0.3 is 24.2 Å². The highest BCUT2D eigenvalue weighted by Gasteiger charge is 2.51. The van der Waals surface area contributed by atoms with Crippen LogP contribution < -0.4 is 21.7 Å². The lowest BCUT2D eigenvalue weighted by Crippen LogP contribution is -2.62. The number of amides is 2. The average molecular weight is 1950 g/mol. The maximum absolute atomic E-state index is 12.4. The first-order valence-corrected chi connectivity index (χ1v) is 48.9. The number of β-amino-alcohol motifs (C(OH)–C–C–N with tert-alkyl or cyclic N) is 1. The Labute approximate surface area is 827 Å². The van der Waals surface area contributed by atoms with Gasteiger partial charge in [-0.3, -0.25) is 48.0 Å². The van der Waals surface area contributed by atoms with E-state index in [0.717, 1.165) is 63.2 Å². The summed E-state index contributed by atoms with van der Waals surface area (Å²) in [6.07, 6.45) is -8.50. The molecule has 7 heterocycles. The predicted molar refractivity (Wildman–Crippen MR) is 544 cm³/mol. The third-order valence-electron chi connectivity index (χ3n) is 26.0. The van der Waals surface area contributed by atoms with Crippen LogP contribution in [0.3, 0.4) is 0 Å². The zero-order chi connectivity index (χ0) is 99.1. The summed E-state index contributed by atoms with van der Waals surface area (Å²) in [5, 5.41) is 16.8. The molecule has 736 valence electrons. The number of benzene rings is 12. The zero-order valence-corrected chi connectivity index (χ0v) is 81.9. The minimum Gasteiger partial charge on any atom is -0.388 e. The second kappa shape index (κ2) is 48.1. The normalized spacial score (nSPS) is 17.6. The lowest BCUT2D eigenvalue weighted by atomic mass is 9.79. The first-order chi connectivity index (χ1) is 66.4. The van der Waals surface area contributed by atoms with E-state index in [2.05, 4.69) is 277 Å². The topological polar surface area (TPSA) is 201 Å². The molecule has 0 atom stereocenters. The van der Waals surface area contributed by atoms with Crippen molar-refractivity contribution < 1.29 is 58.4 Å². The summed E-state index contributed by atoms with van der Waals surface area (Å²) in [4.78, 5) is 50.4. The Morgan fingerprint density at radius 1 is 0.371 bits per heavy atom. The lowest BCUT2D eigenvalue weighted by Gasteiger charge is -2.52. The smallest absolute Gasteiger partial charge is 0.388 e. The van der Waals surface area contributed by atoms with Crippen LogP contribution in [0.4, 0.5) is 26.3 Å². The highest BCUT2D eigenvalue weighted by molar-refractivity contribution is 7.86. The molecule has 7 fully saturated rings. The van der Waals surface area contributed by atoms with E-state index in [1.165, 1.54) is 55.6 Å². The Kier molecular flexibility index (Phi) is 36.8. The molecule has 7 aliphatic heterocycles. The van der Waals surface area contributed by atoms with Crippen LogP contribution in [0.1, 0.15) is 145 Å². The molecule has 12 aromatic rings. The summed E-state index contributed by atoms with van der Waals surface area (Å²) in [5.41, 5.74) is 19.2. The van der Waals surface area contributed by atoms with Crippen molar-refractivity contribution in [3.8, 4) is 0 Å². The quantitative estimate of drug-likeness (QED) is 0.0205. The molecule has 0 spiro atoms. The van der Waals surface area contributed by atoms with Crippen LogP contribution in [-0.2, 0) is 28.7 Å². The molecule has 19 rings (SSSR count). The third-order valence-corrected chi connectivity index (χ3v) is 26.7. The molecule has 0 unspecified atom stereocenters. The summed E-state index contributed by atoms with van der Waals surface area (Å²) in [7, 11) is -3.45. The van der Waals surface area contributed by atoms with E-state index >= 15 is 0 Å². The van der Waals surface area contributed by atoms with Gasteiger partial charge in [0.1, 0.15) is 5.60 Å². The Bertz CT molecular complexity index is 5730. The molecule has 7 saturated heterocycles. The molecule has 0 bridgehead atoms. The molecule has 2 amide bonds. The fraction of sp³-hybridized carbons (Fsp3) is 0.333.